The SMILES string of the molecule is CC(C)[C@H](NC(=O)CCn1cnc2ccccc2c1=O)c1nc2ccccc2[nH]1. The van der Waals surface area contributed by atoms with E-state index < -0.39 is 0 Å². The number of rotatable bonds is 6. The van der Waals surface area contributed by atoms with Crippen LogP contribution in [0, 0.1) is 5.92 Å². The maximum Gasteiger partial charge on any atom is 0.261 e. The molecule has 0 unspecified atom stereocenters. The minimum Gasteiger partial charge on any atom is -0.346 e. The molecule has 0 fully saturated rings. The van der Waals surface area contributed by atoms with Crippen molar-refractivity contribution in [2.24, 2.45) is 5.92 Å². The van der Waals surface area contributed by atoms with Gasteiger partial charge in [-0.1, -0.05) is 38.1 Å². The van der Waals surface area contributed by atoms with E-state index in [-0.39, 0.29) is 36.4 Å². The van der Waals surface area contributed by atoms with Crippen LogP contribution in [-0.2, 0) is 11.3 Å². The normalized spacial score (nSPS) is 12.5. The van der Waals surface area contributed by atoms with E-state index in [1.807, 2.05) is 50.2 Å². The molecule has 0 saturated carbocycles. The lowest BCUT2D eigenvalue weighted by Gasteiger charge is -2.20. The van der Waals surface area contributed by atoms with Gasteiger partial charge in [0.25, 0.3) is 5.56 Å². The lowest BCUT2D eigenvalue weighted by atomic mass is 10.0. The fourth-order valence-corrected chi connectivity index (χ4v) is 3.40. The van der Waals surface area contributed by atoms with E-state index >= 15 is 0 Å². The average molecular weight is 389 g/mol. The second-order valence-corrected chi connectivity index (χ2v) is 7.44. The number of imidazole rings is 1. The highest BCUT2D eigenvalue weighted by Gasteiger charge is 2.21. The zero-order valence-electron chi connectivity index (χ0n) is 16.4. The summed E-state index contributed by atoms with van der Waals surface area (Å²) in [6, 6.07) is 14.7. The van der Waals surface area contributed by atoms with Crippen molar-refractivity contribution in [1.29, 1.82) is 0 Å². The van der Waals surface area contributed by atoms with Gasteiger partial charge in [-0.2, -0.15) is 0 Å². The van der Waals surface area contributed by atoms with Crippen molar-refractivity contribution >= 4 is 27.8 Å². The molecule has 4 aromatic rings. The van der Waals surface area contributed by atoms with Crippen LogP contribution in [0.3, 0.4) is 0 Å². The third-order valence-electron chi connectivity index (χ3n) is 5.00. The van der Waals surface area contributed by atoms with Gasteiger partial charge in [0, 0.05) is 13.0 Å². The number of benzene rings is 2. The summed E-state index contributed by atoms with van der Waals surface area (Å²) in [7, 11) is 0. The highest BCUT2D eigenvalue weighted by molar-refractivity contribution is 5.78. The molecule has 2 aromatic heterocycles. The lowest BCUT2D eigenvalue weighted by Crippen LogP contribution is -2.33. The summed E-state index contributed by atoms with van der Waals surface area (Å²) in [4.78, 5) is 37.4. The highest BCUT2D eigenvalue weighted by Crippen LogP contribution is 2.22. The number of hydrogen-bond donors (Lipinski definition) is 2. The second kappa shape index (κ2) is 7.87. The highest BCUT2D eigenvalue weighted by atomic mass is 16.2. The van der Waals surface area contributed by atoms with E-state index in [0.29, 0.717) is 10.9 Å². The molecule has 29 heavy (non-hydrogen) atoms. The van der Waals surface area contributed by atoms with Crippen LogP contribution >= 0.6 is 0 Å². The Balaban J connectivity index is 1.48. The molecule has 1 amide bonds. The molecule has 4 rings (SSSR count). The summed E-state index contributed by atoms with van der Waals surface area (Å²) >= 11 is 0. The first-order valence-corrected chi connectivity index (χ1v) is 9.71. The molecule has 7 nitrogen and oxygen atoms in total. The van der Waals surface area contributed by atoms with E-state index in [9.17, 15) is 9.59 Å². The number of nitrogens with one attached hydrogen (secondary N) is 2. The minimum absolute atomic E-state index is 0.135. The molecule has 0 saturated heterocycles. The fourth-order valence-electron chi connectivity index (χ4n) is 3.40. The van der Waals surface area contributed by atoms with Crippen molar-refractivity contribution in [3.8, 4) is 0 Å². The molecule has 0 aliphatic rings. The van der Waals surface area contributed by atoms with Crippen molar-refractivity contribution in [1.82, 2.24) is 24.8 Å². The average Bonchev–Trinajstić information content (AvgIpc) is 3.15. The topological polar surface area (TPSA) is 92.7 Å². The van der Waals surface area contributed by atoms with Crippen molar-refractivity contribution in [3.05, 3.63) is 71.0 Å². The molecule has 2 N–H and O–H groups in total. The summed E-state index contributed by atoms with van der Waals surface area (Å²) in [5.74, 6) is 0.757. The summed E-state index contributed by atoms with van der Waals surface area (Å²) < 4.78 is 1.48. The number of carbonyl (C=O) groups is 1. The van der Waals surface area contributed by atoms with Gasteiger partial charge < -0.3 is 10.3 Å². The second-order valence-electron chi connectivity index (χ2n) is 7.44. The van der Waals surface area contributed by atoms with E-state index in [1.54, 1.807) is 12.1 Å². The standard InChI is InChI=1S/C22H23N5O2/c1-14(2)20(21-24-17-9-5-6-10-18(17)25-21)26-19(28)11-12-27-13-23-16-8-4-3-7-15(16)22(27)29/h3-10,13-14,20H,11-12H2,1-2H3,(H,24,25)(H,26,28)/t20-/m0/s1. The van der Waals surface area contributed by atoms with Gasteiger partial charge in [-0.05, 0) is 30.2 Å². The number of H-pyrrole nitrogens is 1. The number of aromatic nitrogens is 4. The Morgan fingerprint density at radius 1 is 1.10 bits per heavy atom. The smallest absolute Gasteiger partial charge is 0.261 e. The molecule has 0 radical (unpaired) electrons. The number of hydrogen-bond acceptors (Lipinski definition) is 4. The van der Waals surface area contributed by atoms with E-state index in [1.165, 1.54) is 10.9 Å². The molecule has 0 aliphatic carbocycles. The van der Waals surface area contributed by atoms with E-state index in [2.05, 4.69) is 20.3 Å². The summed E-state index contributed by atoms with van der Waals surface area (Å²) in [5.41, 5.74) is 2.33. The Morgan fingerprint density at radius 3 is 2.59 bits per heavy atom. The maximum atomic E-state index is 12.6. The Bertz CT molecular complexity index is 1190. The zero-order chi connectivity index (χ0) is 20.4. The van der Waals surface area contributed by atoms with Gasteiger partial charge in [0.1, 0.15) is 5.82 Å². The van der Waals surface area contributed by atoms with Crippen LogP contribution in [0.2, 0.25) is 0 Å². The number of amides is 1. The first kappa shape index (κ1) is 18.9. The quantitative estimate of drug-likeness (QED) is 0.530. The lowest BCUT2D eigenvalue weighted by molar-refractivity contribution is -0.122. The molecule has 0 aliphatic heterocycles. The predicted octanol–water partition coefficient (Wildman–Crippen LogP) is 3.18. The molecular weight excluding hydrogens is 366 g/mol. The largest absolute Gasteiger partial charge is 0.346 e. The Hall–Kier alpha value is -3.48. The van der Waals surface area contributed by atoms with Crippen LogP contribution in [0.1, 0.15) is 32.1 Å². The number of para-hydroxylation sites is 3. The fraction of sp³-hybridized carbons (Fsp3) is 0.273. The first-order chi connectivity index (χ1) is 14.0. The van der Waals surface area contributed by atoms with Gasteiger partial charge in [-0.15, -0.1) is 0 Å². The Kier molecular flexibility index (Phi) is 5.12. The van der Waals surface area contributed by atoms with Gasteiger partial charge >= 0.3 is 0 Å². The molecule has 0 bridgehead atoms. The number of fused-ring (bicyclic) bond motifs is 2. The minimum atomic E-state index is -0.235. The molecule has 148 valence electrons. The predicted molar refractivity (Wildman–Crippen MR) is 112 cm³/mol. The third-order valence-corrected chi connectivity index (χ3v) is 5.00. The third kappa shape index (κ3) is 3.89. The van der Waals surface area contributed by atoms with Gasteiger partial charge in [-0.3, -0.25) is 14.2 Å². The Labute approximate surface area is 167 Å². The van der Waals surface area contributed by atoms with E-state index in [0.717, 1.165) is 16.9 Å². The van der Waals surface area contributed by atoms with Gasteiger partial charge in [0.2, 0.25) is 5.91 Å². The molecular formula is C22H23N5O2. The maximum absolute atomic E-state index is 12.6. The van der Waals surface area contributed by atoms with Crippen LogP contribution < -0.4 is 10.9 Å². The number of aryl methyl sites for hydroxylation is 1. The molecule has 0 spiro atoms. The molecule has 1 atom stereocenters. The first-order valence-electron chi connectivity index (χ1n) is 9.71. The van der Waals surface area contributed by atoms with Gasteiger partial charge in [-0.25, -0.2) is 9.97 Å². The van der Waals surface area contributed by atoms with Crippen molar-refractivity contribution in [2.75, 3.05) is 0 Å². The zero-order valence-corrected chi connectivity index (χ0v) is 16.4. The summed E-state index contributed by atoms with van der Waals surface area (Å²) in [6.45, 7) is 4.35. The monoisotopic (exact) mass is 389 g/mol. The van der Waals surface area contributed by atoms with Gasteiger partial charge in [0.05, 0.1) is 34.3 Å². The van der Waals surface area contributed by atoms with Crippen LogP contribution in [-0.4, -0.2) is 25.4 Å². The van der Waals surface area contributed by atoms with Gasteiger partial charge in [0.15, 0.2) is 0 Å². The van der Waals surface area contributed by atoms with Crippen LogP contribution in [0.5, 0.6) is 0 Å². The van der Waals surface area contributed by atoms with Crippen molar-refractivity contribution in [3.63, 3.8) is 0 Å². The molecule has 2 aromatic carbocycles. The number of aromatic amines is 1. The van der Waals surface area contributed by atoms with Crippen LogP contribution in [0.15, 0.2) is 59.7 Å². The number of nitrogens with zero attached hydrogens (tertiary/aromatic N) is 3. The summed E-state index contributed by atoms with van der Waals surface area (Å²) in [6.07, 6.45) is 1.68. The van der Waals surface area contributed by atoms with E-state index in [4.69, 9.17) is 0 Å². The summed E-state index contributed by atoms with van der Waals surface area (Å²) in [5, 5.41) is 3.61. The Morgan fingerprint density at radius 2 is 1.83 bits per heavy atom. The molecule has 2 heterocycles. The molecule has 7 heteroatoms. The van der Waals surface area contributed by atoms with Crippen molar-refractivity contribution in [2.45, 2.75) is 32.9 Å². The van der Waals surface area contributed by atoms with Crippen LogP contribution in [0.25, 0.3) is 21.9 Å². The number of carbonyl (C=O) groups excluding carboxylic acids is 1. The van der Waals surface area contributed by atoms with Crippen LogP contribution in [0.4, 0.5) is 0 Å². The van der Waals surface area contributed by atoms with Crippen molar-refractivity contribution < 1.29 is 4.79 Å².